The number of anilines is 1. The number of aromatic nitrogens is 1. The van der Waals surface area contributed by atoms with E-state index in [-0.39, 0.29) is 11.8 Å². The molecule has 0 atom stereocenters. The van der Waals surface area contributed by atoms with Gasteiger partial charge in [0.05, 0.1) is 5.69 Å². The van der Waals surface area contributed by atoms with E-state index in [0.717, 1.165) is 21.3 Å². The number of urea groups is 1. The SMILES string of the molecule is Cc1cc(Br)cc(C)c1NC(=O)NCCc1coc(-c2ccc(F)cc2)n1. The molecule has 1 heterocycles. The van der Waals surface area contributed by atoms with Gasteiger partial charge in [0.15, 0.2) is 0 Å². The van der Waals surface area contributed by atoms with Crippen LogP contribution in [0.1, 0.15) is 16.8 Å². The van der Waals surface area contributed by atoms with Crippen LogP contribution < -0.4 is 10.6 Å². The van der Waals surface area contributed by atoms with Gasteiger partial charge in [0.2, 0.25) is 5.89 Å². The zero-order chi connectivity index (χ0) is 19.4. The summed E-state index contributed by atoms with van der Waals surface area (Å²) in [5.74, 6) is 0.118. The molecular weight excluding hydrogens is 413 g/mol. The Hall–Kier alpha value is -2.67. The first kappa shape index (κ1) is 19.1. The van der Waals surface area contributed by atoms with Crippen molar-refractivity contribution >= 4 is 27.6 Å². The fourth-order valence-electron chi connectivity index (χ4n) is 2.72. The van der Waals surface area contributed by atoms with E-state index in [0.29, 0.717) is 30.1 Å². The van der Waals surface area contributed by atoms with Gasteiger partial charge in [-0.1, -0.05) is 15.9 Å². The Balaban J connectivity index is 1.53. The number of carbonyl (C=O) groups is 1. The van der Waals surface area contributed by atoms with E-state index >= 15 is 0 Å². The molecule has 0 saturated heterocycles. The molecule has 0 fully saturated rings. The van der Waals surface area contributed by atoms with Gasteiger partial charge in [-0.3, -0.25) is 0 Å². The number of benzene rings is 2. The molecular formula is C20H19BrFN3O2. The lowest BCUT2D eigenvalue weighted by atomic mass is 10.1. The molecule has 0 unspecified atom stereocenters. The first-order valence-electron chi connectivity index (χ1n) is 8.44. The summed E-state index contributed by atoms with van der Waals surface area (Å²) in [6, 6.07) is 9.57. The van der Waals surface area contributed by atoms with Gasteiger partial charge in [-0.2, -0.15) is 0 Å². The highest BCUT2D eigenvalue weighted by Gasteiger charge is 2.10. The second kappa shape index (κ2) is 8.35. The lowest BCUT2D eigenvalue weighted by Gasteiger charge is -2.13. The smallest absolute Gasteiger partial charge is 0.319 e. The van der Waals surface area contributed by atoms with E-state index in [1.54, 1.807) is 18.4 Å². The Bertz CT molecular complexity index is 931. The van der Waals surface area contributed by atoms with Gasteiger partial charge in [-0.15, -0.1) is 0 Å². The van der Waals surface area contributed by atoms with Gasteiger partial charge in [-0.05, 0) is 61.4 Å². The van der Waals surface area contributed by atoms with E-state index in [4.69, 9.17) is 4.42 Å². The molecule has 7 heteroatoms. The van der Waals surface area contributed by atoms with Gasteiger partial charge >= 0.3 is 6.03 Å². The number of halogens is 2. The molecule has 2 amide bonds. The van der Waals surface area contributed by atoms with Crippen molar-refractivity contribution in [3.05, 3.63) is 69.8 Å². The standard InChI is InChI=1S/C20H19BrFN3O2/c1-12-9-15(21)10-13(2)18(12)25-20(26)23-8-7-17-11-27-19(24-17)14-3-5-16(22)6-4-14/h3-6,9-11H,7-8H2,1-2H3,(H2,23,25,26). The maximum atomic E-state index is 13.0. The van der Waals surface area contributed by atoms with Crippen LogP contribution in [0.4, 0.5) is 14.9 Å². The topological polar surface area (TPSA) is 67.2 Å². The zero-order valence-electron chi connectivity index (χ0n) is 15.0. The minimum Gasteiger partial charge on any atom is -0.444 e. The predicted molar refractivity (Wildman–Crippen MR) is 106 cm³/mol. The summed E-state index contributed by atoms with van der Waals surface area (Å²) in [5, 5.41) is 5.69. The Labute approximate surface area is 165 Å². The molecule has 3 rings (SSSR count). The lowest BCUT2D eigenvalue weighted by Crippen LogP contribution is -2.31. The number of nitrogens with one attached hydrogen (secondary N) is 2. The number of carbonyl (C=O) groups excluding carboxylic acids is 1. The molecule has 0 aliphatic carbocycles. The minimum atomic E-state index is -0.308. The van der Waals surface area contributed by atoms with Crippen LogP contribution in [0.2, 0.25) is 0 Å². The molecule has 140 valence electrons. The minimum absolute atomic E-state index is 0.272. The normalized spacial score (nSPS) is 10.7. The first-order chi connectivity index (χ1) is 12.9. The highest BCUT2D eigenvalue weighted by Crippen LogP contribution is 2.25. The van der Waals surface area contributed by atoms with Crippen LogP contribution in [0.25, 0.3) is 11.5 Å². The maximum Gasteiger partial charge on any atom is 0.319 e. The quantitative estimate of drug-likeness (QED) is 0.581. The van der Waals surface area contributed by atoms with Crippen molar-refractivity contribution in [2.45, 2.75) is 20.3 Å². The number of rotatable bonds is 5. The summed E-state index contributed by atoms with van der Waals surface area (Å²) in [6.07, 6.45) is 2.07. The number of nitrogens with zero attached hydrogens (tertiary/aromatic N) is 1. The number of oxazole rings is 1. The van der Waals surface area contributed by atoms with Crippen molar-refractivity contribution < 1.29 is 13.6 Å². The average Bonchev–Trinajstić information content (AvgIpc) is 3.07. The summed E-state index contributed by atoms with van der Waals surface area (Å²) < 4.78 is 19.4. The van der Waals surface area contributed by atoms with Gasteiger partial charge in [0, 0.05) is 28.7 Å². The Kier molecular flexibility index (Phi) is 5.91. The Morgan fingerprint density at radius 1 is 1.19 bits per heavy atom. The molecule has 0 radical (unpaired) electrons. The first-order valence-corrected chi connectivity index (χ1v) is 9.23. The number of amides is 2. The summed E-state index contributed by atoms with van der Waals surface area (Å²) in [4.78, 5) is 16.5. The molecule has 0 bridgehead atoms. The van der Waals surface area contributed by atoms with E-state index in [9.17, 15) is 9.18 Å². The second-order valence-electron chi connectivity index (χ2n) is 6.20. The van der Waals surface area contributed by atoms with Crippen molar-refractivity contribution in [3.63, 3.8) is 0 Å². The third-order valence-corrected chi connectivity index (χ3v) is 4.50. The molecule has 5 nitrogen and oxygen atoms in total. The molecule has 2 N–H and O–H groups in total. The summed E-state index contributed by atoms with van der Waals surface area (Å²) >= 11 is 3.44. The third-order valence-electron chi connectivity index (χ3n) is 4.05. The Morgan fingerprint density at radius 3 is 2.52 bits per heavy atom. The van der Waals surface area contributed by atoms with Crippen molar-refractivity contribution in [1.82, 2.24) is 10.3 Å². The van der Waals surface area contributed by atoms with E-state index < -0.39 is 0 Å². The molecule has 0 aliphatic heterocycles. The van der Waals surface area contributed by atoms with Crippen LogP contribution in [-0.2, 0) is 6.42 Å². The van der Waals surface area contributed by atoms with Gasteiger partial charge in [0.1, 0.15) is 12.1 Å². The van der Waals surface area contributed by atoms with Crippen LogP contribution in [0.15, 0.2) is 51.6 Å². The van der Waals surface area contributed by atoms with Crippen LogP contribution in [0.5, 0.6) is 0 Å². The van der Waals surface area contributed by atoms with Gasteiger partial charge in [0.25, 0.3) is 0 Å². The number of aryl methyl sites for hydroxylation is 2. The monoisotopic (exact) mass is 431 g/mol. The fourth-order valence-corrected chi connectivity index (χ4v) is 3.40. The molecule has 27 heavy (non-hydrogen) atoms. The van der Waals surface area contributed by atoms with Crippen molar-refractivity contribution in [2.24, 2.45) is 0 Å². The molecule has 1 aromatic heterocycles. The number of hydrogen-bond donors (Lipinski definition) is 2. The van der Waals surface area contributed by atoms with Crippen LogP contribution >= 0.6 is 15.9 Å². The van der Waals surface area contributed by atoms with Crippen molar-refractivity contribution in [1.29, 1.82) is 0 Å². The molecule has 0 aliphatic rings. The van der Waals surface area contributed by atoms with Gasteiger partial charge < -0.3 is 15.1 Å². The van der Waals surface area contributed by atoms with Crippen molar-refractivity contribution in [3.8, 4) is 11.5 Å². The molecule has 2 aromatic carbocycles. The Morgan fingerprint density at radius 2 is 1.85 bits per heavy atom. The fraction of sp³-hybridized carbons (Fsp3) is 0.200. The highest BCUT2D eigenvalue weighted by molar-refractivity contribution is 9.10. The maximum absolute atomic E-state index is 13.0. The third kappa shape index (κ3) is 4.95. The summed E-state index contributed by atoms with van der Waals surface area (Å²) in [5.41, 5.74) is 4.19. The second-order valence-corrected chi connectivity index (χ2v) is 7.11. The lowest BCUT2D eigenvalue weighted by molar-refractivity contribution is 0.252. The molecule has 0 saturated carbocycles. The van der Waals surface area contributed by atoms with Crippen molar-refractivity contribution in [2.75, 3.05) is 11.9 Å². The van der Waals surface area contributed by atoms with E-state index in [2.05, 4.69) is 31.5 Å². The summed E-state index contributed by atoms with van der Waals surface area (Å²) in [6.45, 7) is 4.30. The molecule has 0 spiro atoms. The van der Waals surface area contributed by atoms with Gasteiger partial charge in [-0.25, -0.2) is 14.2 Å². The highest BCUT2D eigenvalue weighted by atomic mass is 79.9. The van der Waals surface area contributed by atoms with Crippen LogP contribution in [0, 0.1) is 19.7 Å². The van der Waals surface area contributed by atoms with Crippen LogP contribution in [-0.4, -0.2) is 17.6 Å². The molecule has 3 aromatic rings. The summed E-state index contributed by atoms with van der Waals surface area (Å²) in [7, 11) is 0. The predicted octanol–water partition coefficient (Wildman–Crippen LogP) is 5.22. The average molecular weight is 432 g/mol. The van der Waals surface area contributed by atoms with E-state index in [1.807, 2.05) is 26.0 Å². The zero-order valence-corrected chi connectivity index (χ0v) is 16.6. The number of hydrogen-bond acceptors (Lipinski definition) is 3. The van der Waals surface area contributed by atoms with Crippen LogP contribution in [0.3, 0.4) is 0 Å². The largest absolute Gasteiger partial charge is 0.444 e. The van der Waals surface area contributed by atoms with E-state index in [1.165, 1.54) is 12.1 Å².